The highest BCUT2D eigenvalue weighted by molar-refractivity contribution is 6.06. The Morgan fingerprint density at radius 2 is 1.65 bits per heavy atom. The number of nitrogens with zero attached hydrogens (tertiary/aromatic N) is 6. The third-order valence-corrected chi connectivity index (χ3v) is 11.2. The maximum atomic E-state index is 13.4. The summed E-state index contributed by atoms with van der Waals surface area (Å²) in [4.78, 5) is 49.4. The van der Waals surface area contributed by atoms with Crippen LogP contribution in [0.4, 0.5) is 24.5 Å². The summed E-state index contributed by atoms with van der Waals surface area (Å²) in [5.74, 6) is 0.612. The molecule has 3 amide bonds. The van der Waals surface area contributed by atoms with Crippen LogP contribution in [-0.4, -0.2) is 98.1 Å². The van der Waals surface area contributed by atoms with Crippen LogP contribution >= 0.6 is 0 Å². The molecule has 0 bridgehead atoms. The molecule has 3 saturated heterocycles. The summed E-state index contributed by atoms with van der Waals surface area (Å²) in [6.45, 7) is 6.55. The molecular formula is C40H44F3N7O5. The minimum atomic E-state index is -4.63. The number of amides is 3. The van der Waals surface area contributed by atoms with Crippen LogP contribution in [0.5, 0.6) is 11.5 Å². The first-order valence-corrected chi connectivity index (χ1v) is 18.8. The van der Waals surface area contributed by atoms with Gasteiger partial charge >= 0.3 is 6.18 Å². The Morgan fingerprint density at radius 3 is 2.33 bits per heavy atom. The third-order valence-electron chi connectivity index (χ3n) is 11.2. The number of fused-ring (bicyclic) bond motifs is 1. The highest BCUT2D eigenvalue weighted by Gasteiger charge is 2.41. The molecule has 3 fully saturated rings. The maximum Gasteiger partial charge on any atom is 0.419 e. The number of aromatic nitrogens is 1. The molecule has 0 radical (unpaired) electrons. The molecule has 1 aromatic heterocycles. The van der Waals surface area contributed by atoms with Crippen LogP contribution in [0.3, 0.4) is 0 Å². The van der Waals surface area contributed by atoms with Gasteiger partial charge in [-0.25, -0.2) is 4.98 Å². The van der Waals surface area contributed by atoms with Gasteiger partial charge < -0.3 is 24.2 Å². The number of piperidine rings is 2. The average Bonchev–Trinajstić information content (AvgIpc) is 3.52. The number of benzene rings is 2. The number of carbonyl (C=O) groups excluding carboxylic acids is 3. The van der Waals surface area contributed by atoms with Gasteiger partial charge in [0.2, 0.25) is 11.8 Å². The lowest BCUT2D eigenvalue weighted by atomic mass is 9.89. The summed E-state index contributed by atoms with van der Waals surface area (Å²) in [5, 5.41) is 11.4. The highest BCUT2D eigenvalue weighted by atomic mass is 19.4. The number of rotatable bonds is 11. The predicted molar refractivity (Wildman–Crippen MR) is 197 cm³/mol. The van der Waals surface area contributed by atoms with Gasteiger partial charge in [-0.05, 0) is 80.0 Å². The van der Waals surface area contributed by atoms with Crippen molar-refractivity contribution in [3.05, 3.63) is 76.6 Å². The summed E-state index contributed by atoms with van der Waals surface area (Å²) in [6.07, 6.45) is 0.749. The van der Waals surface area contributed by atoms with E-state index in [1.165, 1.54) is 17.8 Å². The van der Waals surface area contributed by atoms with E-state index in [1.54, 1.807) is 12.0 Å². The van der Waals surface area contributed by atoms with Gasteiger partial charge in [-0.15, -0.1) is 0 Å². The summed E-state index contributed by atoms with van der Waals surface area (Å²) >= 11 is 0. The van der Waals surface area contributed by atoms with Crippen molar-refractivity contribution in [2.24, 2.45) is 0 Å². The van der Waals surface area contributed by atoms with Crippen LogP contribution in [0.1, 0.15) is 77.2 Å². The number of pyridine rings is 1. The number of imide groups is 1. The van der Waals surface area contributed by atoms with Crippen molar-refractivity contribution in [2.45, 2.75) is 63.2 Å². The number of unbranched alkanes of at least 4 members (excludes halogenated alkanes) is 1. The molecule has 7 rings (SSSR count). The Labute approximate surface area is 317 Å². The minimum absolute atomic E-state index is 0.209. The normalized spacial score (nSPS) is 19.7. The van der Waals surface area contributed by atoms with E-state index in [0.29, 0.717) is 55.6 Å². The zero-order chi connectivity index (χ0) is 38.7. The summed E-state index contributed by atoms with van der Waals surface area (Å²) in [6, 6.07) is 13.9. The fourth-order valence-electron chi connectivity index (χ4n) is 8.09. The van der Waals surface area contributed by atoms with Crippen molar-refractivity contribution in [3.8, 4) is 17.6 Å². The molecule has 15 heteroatoms. The number of ether oxygens (including phenoxy) is 2. The lowest BCUT2D eigenvalue weighted by Gasteiger charge is -2.36. The molecular weight excluding hydrogens is 715 g/mol. The zero-order valence-electron chi connectivity index (χ0n) is 30.7. The van der Waals surface area contributed by atoms with Crippen LogP contribution < -0.4 is 24.6 Å². The molecule has 12 nitrogen and oxygen atoms in total. The molecule has 0 spiro atoms. The first-order chi connectivity index (χ1) is 26.5. The minimum Gasteiger partial charge on any atom is -0.496 e. The second-order valence-corrected chi connectivity index (χ2v) is 14.5. The lowest BCUT2D eigenvalue weighted by Crippen LogP contribution is -2.52. The number of hydrogen-bond acceptors (Lipinski definition) is 10. The molecule has 4 aliphatic heterocycles. The first-order valence-electron chi connectivity index (χ1n) is 18.8. The van der Waals surface area contributed by atoms with Gasteiger partial charge in [0.15, 0.2) is 5.69 Å². The van der Waals surface area contributed by atoms with E-state index < -0.39 is 29.4 Å². The van der Waals surface area contributed by atoms with Crippen molar-refractivity contribution in [2.75, 3.05) is 69.3 Å². The van der Waals surface area contributed by atoms with Crippen molar-refractivity contribution in [1.82, 2.24) is 20.1 Å². The standard InChI is InChI=1S/C40H44F3N7O5/c1-54-35-22-29(20-28-25-50(39(53)37(28)35)34-8-9-36(51)46-38(34)52)49-17-15-47(16-18-49)12-2-3-19-55-31-6-4-26(5-7-31)27-10-13-48(14-11-27)30-21-32(40(41,42)43)33(23-44)45-24-30/h4-7,20-22,24,27,34H,2-3,8-19,25H2,1H3,(H,46,51,52). The van der Waals surface area contributed by atoms with Crippen molar-refractivity contribution in [3.63, 3.8) is 0 Å². The molecule has 0 saturated carbocycles. The van der Waals surface area contributed by atoms with E-state index in [2.05, 4.69) is 32.2 Å². The van der Waals surface area contributed by atoms with Crippen molar-refractivity contribution in [1.29, 1.82) is 5.26 Å². The Hall–Kier alpha value is -5.36. The van der Waals surface area contributed by atoms with E-state index in [4.69, 9.17) is 14.7 Å². The Morgan fingerprint density at radius 1 is 0.927 bits per heavy atom. The van der Waals surface area contributed by atoms with E-state index >= 15 is 0 Å². The van der Waals surface area contributed by atoms with Gasteiger partial charge in [0.05, 0.1) is 36.7 Å². The predicted octanol–water partition coefficient (Wildman–Crippen LogP) is 5.11. The molecule has 2 aromatic carbocycles. The van der Waals surface area contributed by atoms with Gasteiger partial charge in [-0.2, -0.15) is 18.4 Å². The average molecular weight is 760 g/mol. The molecule has 4 aliphatic rings. The topological polar surface area (TPSA) is 131 Å². The molecule has 1 N–H and O–H groups in total. The van der Waals surface area contributed by atoms with E-state index in [9.17, 15) is 27.6 Å². The van der Waals surface area contributed by atoms with Gasteiger partial charge in [0.1, 0.15) is 23.6 Å². The fourth-order valence-corrected chi connectivity index (χ4v) is 8.09. The lowest BCUT2D eigenvalue weighted by molar-refractivity contribution is -0.138. The van der Waals surface area contributed by atoms with Crippen LogP contribution in [0.2, 0.25) is 0 Å². The largest absolute Gasteiger partial charge is 0.496 e. The molecule has 5 heterocycles. The quantitative estimate of drug-likeness (QED) is 0.208. The fraction of sp³-hybridized carbons (Fsp3) is 0.475. The Bertz CT molecular complexity index is 1950. The number of nitrogens with one attached hydrogen (secondary N) is 1. The number of halogens is 3. The van der Waals surface area contributed by atoms with E-state index in [1.807, 2.05) is 29.2 Å². The summed E-state index contributed by atoms with van der Waals surface area (Å²) in [5.41, 5.74) is 2.26. The monoisotopic (exact) mass is 759 g/mol. The van der Waals surface area contributed by atoms with Crippen LogP contribution in [-0.2, 0) is 22.3 Å². The van der Waals surface area contributed by atoms with E-state index in [0.717, 1.165) is 81.5 Å². The number of carbonyl (C=O) groups is 3. The molecule has 290 valence electrons. The van der Waals surface area contributed by atoms with Gasteiger partial charge in [-0.1, -0.05) is 12.1 Å². The SMILES string of the molecule is COc1cc(N2CCN(CCCCOc3ccc(C4CCN(c5cnc(C#N)c(C(F)(F)F)c5)CC4)cc3)CC2)cc2c1C(=O)N(C1CCC(=O)NC1=O)C2. The van der Waals surface area contributed by atoms with Gasteiger partial charge in [0.25, 0.3) is 5.91 Å². The number of piperazine rings is 1. The summed E-state index contributed by atoms with van der Waals surface area (Å²) in [7, 11) is 1.55. The number of methoxy groups -OCH3 is 1. The first kappa shape index (κ1) is 37.9. The second kappa shape index (κ2) is 16.2. The molecule has 1 atom stereocenters. The Kier molecular flexibility index (Phi) is 11.1. The van der Waals surface area contributed by atoms with E-state index in [-0.39, 0.29) is 18.2 Å². The molecule has 1 unspecified atom stereocenters. The van der Waals surface area contributed by atoms with Gasteiger partial charge in [0, 0.05) is 64.0 Å². The van der Waals surface area contributed by atoms with Gasteiger partial charge in [-0.3, -0.25) is 24.6 Å². The summed E-state index contributed by atoms with van der Waals surface area (Å²) < 4.78 is 51.9. The molecule has 3 aromatic rings. The second-order valence-electron chi connectivity index (χ2n) is 14.5. The number of nitriles is 1. The smallest absolute Gasteiger partial charge is 0.419 e. The molecule has 55 heavy (non-hydrogen) atoms. The maximum absolute atomic E-state index is 13.4. The highest BCUT2D eigenvalue weighted by Crippen LogP contribution is 2.38. The van der Waals surface area contributed by atoms with Crippen molar-refractivity contribution >= 4 is 29.1 Å². The number of alkyl halides is 3. The van der Waals surface area contributed by atoms with Crippen LogP contribution in [0.25, 0.3) is 0 Å². The van der Waals surface area contributed by atoms with Crippen LogP contribution in [0, 0.1) is 11.3 Å². The van der Waals surface area contributed by atoms with Crippen LogP contribution in [0.15, 0.2) is 48.7 Å². The molecule has 0 aliphatic carbocycles. The van der Waals surface area contributed by atoms with Crippen molar-refractivity contribution < 1.29 is 37.0 Å². The number of hydrogen-bond donors (Lipinski definition) is 1. The number of anilines is 2. The Balaban J connectivity index is 0.821. The third kappa shape index (κ3) is 8.34. The zero-order valence-corrected chi connectivity index (χ0v) is 30.7.